The number of nitrogens with zero attached hydrogens (tertiary/aromatic N) is 3. The Balaban J connectivity index is 1.37. The fraction of sp³-hybridized carbons (Fsp3) is 0.478. The average Bonchev–Trinajstić information content (AvgIpc) is 3.15. The summed E-state index contributed by atoms with van der Waals surface area (Å²) in [6.45, 7) is 15.4. The van der Waals surface area contributed by atoms with Gasteiger partial charge >= 0.3 is 5.97 Å². The number of halogens is 1. The van der Waals surface area contributed by atoms with Gasteiger partial charge in [0.05, 0.1) is 17.9 Å². The number of carboxylic acid groups (broad SMARTS) is 1. The molecule has 3 aliphatic rings. The molecule has 7 rings (SSSR count). The third-order valence-electron chi connectivity index (χ3n) is 11.3. The van der Waals surface area contributed by atoms with Gasteiger partial charge in [-0.2, -0.15) is 0 Å². The summed E-state index contributed by atoms with van der Waals surface area (Å²) in [6, 6.07) is 18.2. The number of benzene rings is 3. The van der Waals surface area contributed by atoms with Gasteiger partial charge in [0.25, 0.3) is 0 Å². The summed E-state index contributed by atoms with van der Waals surface area (Å²) in [6.07, 6.45) is 3.47. The summed E-state index contributed by atoms with van der Waals surface area (Å²) in [5.74, 6) is 0.215. The van der Waals surface area contributed by atoms with Gasteiger partial charge in [-0.05, 0) is 137 Å². The highest BCUT2D eigenvalue weighted by molar-refractivity contribution is 5.91. The molecule has 0 radical (unpaired) electrons. The molecule has 3 aliphatic heterocycles. The number of rotatable bonds is 11. The highest BCUT2D eigenvalue weighted by atomic mass is 19.1. The Morgan fingerprint density at radius 1 is 1.00 bits per heavy atom. The van der Waals surface area contributed by atoms with E-state index in [1.165, 1.54) is 11.1 Å². The molecule has 0 amide bonds. The molecule has 9 heteroatoms. The first-order chi connectivity index (χ1) is 26.3. The monoisotopic (exact) mass is 749 g/mol. The Hall–Kier alpha value is -4.15. The third kappa shape index (κ3) is 8.96. The molecule has 1 fully saturated rings. The van der Waals surface area contributed by atoms with Gasteiger partial charge in [0.1, 0.15) is 11.6 Å². The Kier molecular flexibility index (Phi) is 11.7. The van der Waals surface area contributed by atoms with E-state index >= 15 is 0 Å². The van der Waals surface area contributed by atoms with Crippen LogP contribution < -0.4 is 4.74 Å². The predicted molar refractivity (Wildman–Crippen MR) is 214 cm³/mol. The van der Waals surface area contributed by atoms with E-state index in [-0.39, 0.29) is 5.82 Å². The third-order valence-corrected chi connectivity index (χ3v) is 11.3. The number of fused-ring (bicyclic) bond motifs is 2. The van der Waals surface area contributed by atoms with Gasteiger partial charge in [-0.15, -0.1) is 0 Å². The van der Waals surface area contributed by atoms with Crippen molar-refractivity contribution in [2.24, 2.45) is 5.92 Å². The average molecular weight is 750 g/mol. The summed E-state index contributed by atoms with van der Waals surface area (Å²) in [5.41, 5.74) is 10.4. The van der Waals surface area contributed by atoms with Crippen LogP contribution in [0.1, 0.15) is 90.9 Å². The number of hydrogen-bond acceptors (Lipinski definition) is 7. The largest absolute Gasteiger partial charge is 0.493 e. The topological polar surface area (TPSA) is 84.4 Å². The van der Waals surface area contributed by atoms with Gasteiger partial charge in [-0.25, -0.2) is 9.18 Å². The molecule has 0 saturated carbocycles. The zero-order valence-corrected chi connectivity index (χ0v) is 33.3. The molecule has 4 aromatic rings. The minimum Gasteiger partial charge on any atom is -0.493 e. The van der Waals surface area contributed by atoms with Crippen LogP contribution in [0.25, 0.3) is 22.3 Å². The van der Waals surface area contributed by atoms with E-state index in [9.17, 15) is 14.3 Å². The maximum Gasteiger partial charge on any atom is 0.337 e. The van der Waals surface area contributed by atoms with Crippen LogP contribution in [0.4, 0.5) is 4.39 Å². The zero-order chi connectivity index (χ0) is 38.9. The first-order valence-corrected chi connectivity index (χ1v) is 19.9. The smallest absolute Gasteiger partial charge is 0.337 e. The van der Waals surface area contributed by atoms with E-state index in [4.69, 9.17) is 19.2 Å². The molecule has 292 valence electrons. The van der Waals surface area contributed by atoms with Crippen molar-refractivity contribution >= 4 is 5.97 Å². The Bertz CT molecular complexity index is 2010. The molecule has 1 N–H and O–H groups in total. The first-order valence-electron chi connectivity index (χ1n) is 19.9. The number of aromatic nitrogens is 1. The van der Waals surface area contributed by atoms with E-state index in [0.717, 1.165) is 115 Å². The van der Waals surface area contributed by atoms with Gasteiger partial charge in [0.15, 0.2) is 6.10 Å². The van der Waals surface area contributed by atoms with Crippen molar-refractivity contribution in [2.45, 2.75) is 98.1 Å². The van der Waals surface area contributed by atoms with Gasteiger partial charge in [0, 0.05) is 68.3 Å². The van der Waals surface area contributed by atoms with Gasteiger partial charge < -0.3 is 24.2 Å². The Morgan fingerprint density at radius 3 is 2.49 bits per heavy atom. The number of carboxylic acids is 1. The van der Waals surface area contributed by atoms with Gasteiger partial charge in [-0.1, -0.05) is 36.4 Å². The van der Waals surface area contributed by atoms with Crippen LogP contribution in [0.5, 0.6) is 5.75 Å². The van der Waals surface area contributed by atoms with Crippen molar-refractivity contribution in [3.63, 3.8) is 0 Å². The van der Waals surface area contributed by atoms with Crippen LogP contribution in [0.2, 0.25) is 0 Å². The lowest BCUT2D eigenvalue weighted by Gasteiger charge is -2.32. The second kappa shape index (κ2) is 16.5. The second-order valence-electron chi connectivity index (χ2n) is 16.8. The number of aryl methyl sites for hydroxylation is 3. The molecule has 0 aliphatic carbocycles. The van der Waals surface area contributed by atoms with Crippen LogP contribution in [0, 0.1) is 25.6 Å². The lowest BCUT2D eigenvalue weighted by molar-refractivity contribution is -0.160. The molecule has 1 unspecified atom stereocenters. The zero-order valence-electron chi connectivity index (χ0n) is 33.3. The van der Waals surface area contributed by atoms with Gasteiger partial charge in [0.2, 0.25) is 0 Å². The number of hydrogen-bond donors (Lipinski definition) is 1. The fourth-order valence-corrected chi connectivity index (χ4v) is 8.61. The SMILES string of the molecule is Cc1cccc(F)c1CN1CCc2cc(-c3c(CN(C)CC4CCOCC4)nc(C)c(C(OC(C)(C)C)C(=O)O)c3-c3ccc4c(c3)CCCO4)ccc2C1. The molecule has 8 nitrogen and oxygen atoms in total. The number of aliphatic carboxylic acids is 1. The van der Waals surface area contributed by atoms with Crippen molar-refractivity contribution in [3.05, 3.63) is 105 Å². The maximum atomic E-state index is 14.8. The molecule has 55 heavy (non-hydrogen) atoms. The van der Waals surface area contributed by atoms with Crippen molar-refractivity contribution < 1.29 is 28.5 Å². The second-order valence-corrected chi connectivity index (χ2v) is 16.8. The summed E-state index contributed by atoms with van der Waals surface area (Å²) in [4.78, 5) is 23.2. The lowest BCUT2D eigenvalue weighted by atomic mass is 9.84. The lowest BCUT2D eigenvalue weighted by Crippen LogP contribution is -2.31. The first kappa shape index (κ1) is 39.1. The molecule has 0 bridgehead atoms. The molecule has 1 atom stereocenters. The summed E-state index contributed by atoms with van der Waals surface area (Å²) in [7, 11) is 2.15. The summed E-state index contributed by atoms with van der Waals surface area (Å²) in [5, 5.41) is 10.8. The number of carbonyl (C=O) groups is 1. The molecular formula is C46H56FN3O5. The molecule has 1 aromatic heterocycles. The van der Waals surface area contributed by atoms with E-state index in [0.29, 0.717) is 36.9 Å². The molecular weight excluding hydrogens is 694 g/mol. The molecule has 1 saturated heterocycles. The normalized spacial score (nSPS) is 17.1. The quantitative estimate of drug-likeness (QED) is 0.163. The minimum absolute atomic E-state index is 0.158. The van der Waals surface area contributed by atoms with Crippen LogP contribution >= 0.6 is 0 Å². The molecule has 0 spiro atoms. The van der Waals surface area contributed by atoms with E-state index in [1.807, 2.05) is 46.8 Å². The van der Waals surface area contributed by atoms with Crippen LogP contribution in [0.3, 0.4) is 0 Å². The minimum atomic E-state index is -1.24. The van der Waals surface area contributed by atoms with Crippen molar-refractivity contribution in [2.75, 3.05) is 40.0 Å². The molecule has 3 aromatic carbocycles. The van der Waals surface area contributed by atoms with Crippen molar-refractivity contribution in [3.8, 4) is 28.0 Å². The maximum absolute atomic E-state index is 14.8. The van der Waals surface area contributed by atoms with Crippen molar-refractivity contribution in [1.82, 2.24) is 14.8 Å². The van der Waals surface area contributed by atoms with E-state index in [2.05, 4.69) is 47.2 Å². The highest BCUT2D eigenvalue weighted by Gasteiger charge is 2.35. The fourth-order valence-electron chi connectivity index (χ4n) is 8.61. The highest BCUT2D eigenvalue weighted by Crippen LogP contribution is 2.45. The predicted octanol–water partition coefficient (Wildman–Crippen LogP) is 8.85. The van der Waals surface area contributed by atoms with Crippen molar-refractivity contribution in [1.29, 1.82) is 0 Å². The Labute approximate surface area is 325 Å². The van der Waals surface area contributed by atoms with E-state index < -0.39 is 17.7 Å². The summed E-state index contributed by atoms with van der Waals surface area (Å²) < 4.78 is 32.9. The van der Waals surface area contributed by atoms with Crippen LogP contribution in [-0.4, -0.2) is 71.4 Å². The summed E-state index contributed by atoms with van der Waals surface area (Å²) >= 11 is 0. The number of ether oxygens (including phenoxy) is 3. The van der Waals surface area contributed by atoms with Crippen LogP contribution in [0.15, 0.2) is 54.6 Å². The standard InChI is InChI=1S/C46H56FN3O5/c1-29-9-7-11-38(47)37(29)27-50-19-16-32-23-34(12-13-36(32)26-50)42-39(28-49(6)25-31-17-21-53-22-18-31)48-30(2)41(44(45(51)52)55-46(3,4)5)43(42)35-14-15-40-33(24-35)10-8-20-54-40/h7,9,11-15,23-24,31,44H,8,10,16-22,25-28H2,1-6H3,(H,51,52). The molecule has 4 heterocycles. The van der Waals surface area contributed by atoms with E-state index in [1.54, 1.807) is 12.1 Å². The number of pyridine rings is 1. The van der Waals surface area contributed by atoms with Gasteiger partial charge in [-0.3, -0.25) is 9.88 Å². The Morgan fingerprint density at radius 2 is 1.75 bits per heavy atom. The van der Waals surface area contributed by atoms with Crippen LogP contribution in [-0.2, 0) is 46.7 Å².